The van der Waals surface area contributed by atoms with Crippen LogP contribution >= 0.6 is 0 Å². The summed E-state index contributed by atoms with van der Waals surface area (Å²) in [4.78, 5) is 17.1. The van der Waals surface area contributed by atoms with Gasteiger partial charge >= 0.3 is 0 Å². The van der Waals surface area contributed by atoms with E-state index in [1.54, 1.807) is 6.20 Å². The largest absolute Gasteiger partial charge is 0.463 e. The first-order valence-corrected chi connectivity index (χ1v) is 8.17. The summed E-state index contributed by atoms with van der Waals surface area (Å²) >= 11 is 0. The lowest BCUT2D eigenvalue weighted by Gasteiger charge is -2.20. The number of aryl methyl sites for hydroxylation is 1. The number of rotatable bonds is 4. The highest BCUT2D eigenvalue weighted by Crippen LogP contribution is 2.29. The Morgan fingerprint density at radius 3 is 3.17 bits per heavy atom. The molecule has 1 fully saturated rings. The van der Waals surface area contributed by atoms with Gasteiger partial charge < -0.3 is 19.0 Å². The summed E-state index contributed by atoms with van der Waals surface area (Å²) in [6.07, 6.45) is 5.75. The maximum atomic E-state index is 12.7. The van der Waals surface area contributed by atoms with E-state index < -0.39 is 0 Å². The van der Waals surface area contributed by atoms with Gasteiger partial charge in [0.15, 0.2) is 0 Å². The first-order chi connectivity index (χ1) is 11.8. The zero-order chi connectivity index (χ0) is 16.5. The molecule has 1 N–H and O–H groups in total. The molecule has 1 aromatic carbocycles. The molecule has 0 unspecified atom stereocenters. The Morgan fingerprint density at radius 2 is 2.29 bits per heavy atom. The maximum absolute atomic E-state index is 12.7. The number of para-hydroxylation sites is 1. The summed E-state index contributed by atoms with van der Waals surface area (Å²) in [5.41, 5.74) is 1.26. The Hall–Kier alpha value is -2.60. The Balaban J connectivity index is 1.57. The van der Waals surface area contributed by atoms with Gasteiger partial charge in [0.1, 0.15) is 23.8 Å². The second-order valence-corrected chi connectivity index (χ2v) is 5.88. The molecule has 0 aliphatic carbocycles. The van der Waals surface area contributed by atoms with Crippen LogP contribution in [0.4, 0.5) is 0 Å². The average molecular weight is 325 g/mol. The van der Waals surface area contributed by atoms with E-state index >= 15 is 0 Å². The Labute approximate surface area is 139 Å². The van der Waals surface area contributed by atoms with Gasteiger partial charge in [0.2, 0.25) is 0 Å². The SMILES string of the molecule is CCn1ccnc1[C@H]1OCC[C@@H]1NC(=O)c1coc2ccccc12. The van der Waals surface area contributed by atoms with E-state index in [2.05, 4.69) is 17.2 Å². The zero-order valence-electron chi connectivity index (χ0n) is 13.4. The second-order valence-electron chi connectivity index (χ2n) is 5.88. The number of nitrogens with one attached hydrogen (secondary N) is 1. The van der Waals surface area contributed by atoms with Gasteiger partial charge in [-0.25, -0.2) is 4.98 Å². The van der Waals surface area contributed by atoms with Gasteiger partial charge in [0.05, 0.1) is 11.6 Å². The van der Waals surface area contributed by atoms with Crippen molar-refractivity contribution < 1.29 is 13.9 Å². The quantitative estimate of drug-likeness (QED) is 0.801. The summed E-state index contributed by atoms with van der Waals surface area (Å²) in [6.45, 7) is 3.49. The first kappa shape index (κ1) is 15.0. The van der Waals surface area contributed by atoms with E-state index in [0.29, 0.717) is 17.8 Å². The standard InChI is InChI=1S/C18H19N3O3/c1-2-21-9-8-19-17(21)16-14(7-10-23-16)20-18(22)13-11-24-15-6-4-3-5-12(13)15/h3-6,8-9,11,14,16H,2,7,10H2,1H3,(H,20,22)/t14-,16-/m0/s1. The van der Waals surface area contributed by atoms with Crippen molar-refractivity contribution in [1.29, 1.82) is 0 Å². The topological polar surface area (TPSA) is 69.3 Å². The highest BCUT2D eigenvalue weighted by Gasteiger charge is 2.34. The predicted octanol–water partition coefficient (Wildman–Crippen LogP) is 2.91. The molecular weight excluding hydrogens is 306 g/mol. The minimum Gasteiger partial charge on any atom is -0.463 e. The number of amides is 1. The normalized spacial score (nSPS) is 20.5. The number of imidazole rings is 1. The molecule has 1 aliphatic heterocycles. The van der Waals surface area contributed by atoms with Crippen molar-refractivity contribution in [2.75, 3.05) is 6.61 Å². The molecule has 3 aromatic rings. The zero-order valence-corrected chi connectivity index (χ0v) is 13.4. The highest BCUT2D eigenvalue weighted by atomic mass is 16.5. The molecule has 6 heteroatoms. The molecule has 3 heterocycles. The van der Waals surface area contributed by atoms with Crippen LogP contribution in [0.15, 0.2) is 47.3 Å². The number of ether oxygens (including phenoxy) is 1. The van der Waals surface area contributed by atoms with Crippen molar-refractivity contribution in [3.63, 3.8) is 0 Å². The summed E-state index contributed by atoms with van der Waals surface area (Å²) in [6, 6.07) is 7.43. The third-order valence-electron chi connectivity index (χ3n) is 4.48. The van der Waals surface area contributed by atoms with Gasteiger partial charge in [-0.3, -0.25) is 4.79 Å². The lowest BCUT2D eigenvalue weighted by molar-refractivity contribution is 0.0776. The third-order valence-corrected chi connectivity index (χ3v) is 4.48. The van der Waals surface area contributed by atoms with Crippen molar-refractivity contribution >= 4 is 16.9 Å². The number of hydrogen-bond donors (Lipinski definition) is 1. The smallest absolute Gasteiger partial charge is 0.255 e. The van der Waals surface area contributed by atoms with Crippen LogP contribution in [0.2, 0.25) is 0 Å². The second kappa shape index (κ2) is 6.13. The van der Waals surface area contributed by atoms with Gasteiger partial charge in [-0.15, -0.1) is 0 Å². The first-order valence-electron chi connectivity index (χ1n) is 8.17. The van der Waals surface area contributed by atoms with Crippen molar-refractivity contribution in [1.82, 2.24) is 14.9 Å². The van der Waals surface area contributed by atoms with Crippen LogP contribution in [-0.4, -0.2) is 28.1 Å². The third kappa shape index (κ3) is 2.49. The number of nitrogens with zero attached hydrogens (tertiary/aromatic N) is 2. The molecule has 2 aromatic heterocycles. The van der Waals surface area contributed by atoms with Crippen LogP contribution in [0, 0.1) is 0 Å². The van der Waals surface area contributed by atoms with Crippen LogP contribution in [0.1, 0.15) is 35.6 Å². The van der Waals surface area contributed by atoms with Crippen molar-refractivity contribution in [2.45, 2.75) is 32.0 Å². The van der Waals surface area contributed by atoms with E-state index in [4.69, 9.17) is 9.15 Å². The van der Waals surface area contributed by atoms with Crippen LogP contribution in [0.3, 0.4) is 0 Å². The fourth-order valence-electron chi connectivity index (χ4n) is 3.24. The number of benzene rings is 1. The summed E-state index contributed by atoms with van der Waals surface area (Å²) in [5.74, 6) is 0.715. The van der Waals surface area contributed by atoms with E-state index in [1.165, 1.54) is 6.26 Å². The Morgan fingerprint density at radius 1 is 1.42 bits per heavy atom. The molecule has 124 valence electrons. The van der Waals surface area contributed by atoms with Crippen molar-refractivity contribution in [3.8, 4) is 0 Å². The molecule has 2 atom stereocenters. The molecule has 0 saturated carbocycles. The highest BCUT2D eigenvalue weighted by molar-refractivity contribution is 6.06. The van der Waals surface area contributed by atoms with Crippen molar-refractivity contribution in [3.05, 3.63) is 54.3 Å². The fraction of sp³-hybridized carbons (Fsp3) is 0.333. The molecule has 1 saturated heterocycles. The molecule has 0 radical (unpaired) electrons. The van der Waals surface area contributed by atoms with Gasteiger partial charge in [-0.1, -0.05) is 18.2 Å². The number of carbonyl (C=O) groups is 1. The number of hydrogen-bond acceptors (Lipinski definition) is 4. The molecule has 1 aliphatic rings. The molecule has 4 rings (SSSR count). The van der Waals surface area contributed by atoms with E-state index in [9.17, 15) is 4.79 Å². The molecule has 0 spiro atoms. The van der Waals surface area contributed by atoms with Gasteiger partial charge in [0, 0.05) is 30.9 Å². The number of aromatic nitrogens is 2. The lowest BCUT2D eigenvalue weighted by atomic mass is 10.1. The lowest BCUT2D eigenvalue weighted by Crippen LogP contribution is -2.37. The number of fused-ring (bicyclic) bond motifs is 1. The van der Waals surface area contributed by atoms with E-state index in [-0.39, 0.29) is 18.1 Å². The minimum atomic E-state index is -0.220. The van der Waals surface area contributed by atoms with E-state index in [0.717, 1.165) is 24.2 Å². The number of furan rings is 1. The van der Waals surface area contributed by atoms with Crippen LogP contribution in [0.5, 0.6) is 0 Å². The van der Waals surface area contributed by atoms with Gasteiger partial charge in [-0.2, -0.15) is 0 Å². The molecule has 0 bridgehead atoms. The monoisotopic (exact) mass is 325 g/mol. The maximum Gasteiger partial charge on any atom is 0.255 e. The van der Waals surface area contributed by atoms with Gasteiger partial charge in [-0.05, 0) is 19.4 Å². The Bertz CT molecular complexity index is 867. The fourth-order valence-corrected chi connectivity index (χ4v) is 3.24. The van der Waals surface area contributed by atoms with Crippen LogP contribution < -0.4 is 5.32 Å². The molecule has 1 amide bonds. The Kier molecular flexibility index (Phi) is 3.82. The molecule has 24 heavy (non-hydrogen) atoms. The minimum absolute atomic E-state index is 0.0983. The average Bonchev–Trinajstić information content (AvgIpc) is 3.32. The molecular formula is C18H19N3O3. The summed E-state index contributed by atoms with van der Waals surface area (Å²) < 4.78 is 13.3. The van der Waals surface area contributed by atoms with Gasteiger partial charge in [0.25, 0.3) is 5.91 Å². The summed E-state index contributed by atoms with van der Waals surface area (Å²) in [7, 11) is 0. The van der Waals surface area contributed by atoms with E-state index in [1.807, 2.05) is 35.0 Å². The van der Waals surface area contributed by atoms with Crippen LogP contribution in [-0.2, 0) is 11.3 Å². The summed E-state index contributed by atoms with van der Waals surface area (Å²) in [5, 5.41) is 3.91. The van der Waals surface area contributed by atoms with Crippen molar-refractivity contribution in [2.24, 2.45) is 0 Å². The number of carbonyl (C=O) groups excluding carboxylic acids is 1. The predicted molar refractivity (Wildman–Crippen MR) is 88.7 cm³/mol. The van der Waals surface area contributed by atoms with Crippen LogP contribution in [0.25, 0.3) is 11.0 Å². The molecule has 6 nitrogen and oxygen atoms in total.